The van der Waals surface area contributed by atoms with Gasteiger partial charge in [-0.25, -0.2) is 9.78 Å². The van der Waals surface area contributed by atoms with Gasteiger partial charge in [0.1, 0.15) is 11.3 Å². The third kappa shape index (κ3) is 4.29. The summed E-state index contributed by atoms with van der Waals surface area (Å²) in [6.45, 7) is 6.17. The summed E-state index contributed by atoms with van der Waals surface area (Å²) in [5, 5.41) is 23.8. The topological polar surface area (TPSA) is 99.5 Å². The molecule has 0 spiro atoms. The number of anilines is 1. The number of nitrogens with one attached hydrogen (secondary N) is 1. The van der Waals surface area contributed by atoms with Gasteiger partial charge in [0, 0.05) is 16.5 Å². The number of aromatic carboxylic acids is 1. The number of hydrogen-bond donors (Lipinski definition) is 3. The predicted octanol–water partition coefficient (Wildman–Crippen LogP) is 3.03. The summed E-state index contributed by atoms with van der Waals surface area (Å²) in [5.74, 6) is -1.89. The number of rotatable bonds is 4. The Labute approximate surface area is 137 Å². The lowest BCUT2D eigenvalue weighted by molar-refractivity contribution is -0.115. The van der Waals surface area contributed by atoms with Crippen LogP contribution >= 0.6 is 11.3 Å². The molecule has 0 aliphatic heterocycles. The lowest BCUT2D eigenvalue weighted by atomic mass is 9.98. The van der Waals surface area contributed by atoms with Gasteiger partial charge in [0.25, 0.3) is 0 Å². The quantitative estimate of drug-likeness (QED) is 0.746. The third-order valence-corrected chi connectivity index (χ3v) is 4.36. The highest BCUT2D eigenvalue weighted by Gasteiger charge is 2.19. The Morgan fingerprint density at radius 3 is 2.57 bits per heavy atom. The number of nitrogens with zero attached hydrogens (tertiary/aromatic N) is 1. The van der Waals surface area contributed by atoms with E-state index in [1.165, 1.54) is 29.5 Å². The molecule has 0 saturated heterocycles. The number of carboxylic acid groups (broad SMARTS) is 1. The lowest BCUT2D eigenvalue weighted by Gasteiger charge is -2.13. The van der Waals surface area contributed by atoms with Crippen molar-refractivity contribution in [1.29, 1.82) is 0 Å². The maximum absolute atomic E-state index is 12.1. The van der Waals surface area contributed by atoms with E-state index < -0.39 is 5.97 Å². The van der Waals surface area contributed by atoms with E-state index >= 15 is 0 Å². The van der Waals surface area contributed by atoms with E-state index in [1.54, 1.807) is 0 Å². The molecule has 1 heterocycles. The first-order valence-electron chi connectivity index (χ1n) is 6.98. The van der Waals surface area contributed by atoms with Gasteiger partial charge < -0.3 is 15.5 Å². The van der Waals surface area contributed by atoms with Crippen molar-refractivity contribution in [3.63, 3.8) is 0 Å². The molecule has 1 amide bonds. The normalized spacial score (nSPS) is 11.3. The first-order valence-corrected chi connectivity index (χ1v) is 7.86. The van der Waals surface area contributed by atoms with E-state index in [9.17, 15) is 14.7 Å². The molecule has 0 radical (unpaired) electrons. The summed E-state index contributed by atoms with van der Waals surface area (Å²) in [5.41, 5.74) is 0.671. The molecular formula is C16H18N2O4S. The summed E-state index contributed by atoms with van der Waals surface area (Å²) in [7, 11) is 0. The Bertz CT molecular complexity index is 747. The molecule has 122 valence electrons. The zero-order chi connectivity index (χ0) is 17.2. The zero-order valence-corrected chi connectivity index (χ0v) is 13.9. The Balaban J connectivity index is 2.07. The number of amides is 1. The molecule has 0 aliphatic rings. The van der Waals surface area contributed by atoms with Crippen molar-refractivity contribution in [2.24, 2.45) is 0 Å². The van der Waals surface area contributed by atoms with Crippen LogP contribution in [0.4, 0.5) is 5.69 Å². The average molecular weight is 334 g/mol. The van der Waals surface area contributed by atoms with Crippen LogP contribution in [0.1, 0.15) is 41.8 Å². The van der Waals surface area contributed by atoms with Crippen LogP contribution in [0, 0.1) is 0 Å². The molecule has 6 nitrogen and oxygen atoms in total. The van der Waals surface area contributed by atoms with E-state index in [0.29, 0.717) is 11.4 Å². The van der Waals surface area contributed by atoms with Crippen LogP contribution in [0.5, 0.6) is 5.75 Å². The van der Waals surface area contributed by atoms with Crippen molar-refractivity contribution >= 4 is 28.9 Å². The summed E-state index contributed by atoms with van der Waals surface area (Å²) < 4.78 is 0. The average Bonchev–Trinajstić information content (AvgIpc) is 2.89. The van der Waals surface area contributed by atoms with Gasteiger partial charge in [0.05, 0.1) is 17.1 Å². The van der Waals surface area contributed by atoms with E-state index in [0.717, 1.165) is 5.01 Å². The van der Waals surface area contributed by atoms with E-state index in [-0.39, 0.29) is 29.1 Å². The number of hydrogen-bond acceptors (Lipinski definition) is 5. The van der Waals surface area contributed by atoms with Crippen molar-refractivity contribution < 1.29 is 19.8 Å². The fourth-order valence-electron chi connectivity index (χ4n) is 1.89. The van der Waals surface area contributed by atoms with Gasteiger partial charge in [-0.15, -0.1) is 11.3 Å². The largest absolute Gasteiger partial charge is 0.507 e. The van der Waals surface area contributed by atoms with Gasteiger partial charge in [-0.2, -0.15) is 0 Å². The van der Waals surface area contributed by atoms with Crippen LogP contribution in [0.15, 0.2) is 23.6 Å². The third-order valence-electron chi connectivity index (χ3n) is 3.05. The maximum atomic E-state index is 12.1. The standard InChI is InChI=1S/C16H18N2O4S/c1-16(2,3)15-18-10(8-23-15)7-13(20)17-9-4-5-12(19)11(6-9)14(21)22/h4-6,8,19H,7H2,1-3H3,(H,17,20)(H,21,22). The van der Waals surface area contributed by atoms with Crippen molar-refractivity contribution in [3.8, 4) is 5.75 Å². The van der Waals surface area contributed by atoms with Gasteiger partial charge in [-0.05, 0) is 18.2 Å². The number of aromatic hydroxyl groups is 1. The molecular weight excluding hydrogens is 316 g/mol. The minimum atomic E-state index is -1.26. The summed E-state index contributed by atoms with van der Waals surface area (Å²) in [4.78, 5) is 27.5. The highest BCUT2D eigenvalue weighted by atomic mass is 32.1. The number of aromatic nitrogens is 1. The molecule has 0 unspecified atom stereocenters. The number of carbonyl (C=O) groups is 2. The van der Waals surface area contributed by atoms with Crippen LogP contribution < -0.4 is 5.32 Å². The van der Waals surface area contributed by atoms with Gasteiger partial charge in [-0.1, -0.05) is 20.8 Å². The smallest absolute Gasteiger partial charge is 0.339 e. The monoisotopic (exact) mass is 334 g/mol. The zero-order valence-electron chi connectivity index (χ0n) is 13.1. The first-order chi connectivity index (χ1) is 10.7. The van der Waals surface area contributed by atoms with Gasteiger partial charge >= 0.3 is 5.97 Å². The Morgan fingerprint density at radius 2 is 2.00 bits per heavy atom. The fourth-order valence-corrected chi connectivity index (χ4v) is 2.79. The van der Waals surface area contributed by atoms with Crippen LogP contribution in [0.25, 0.3) is 0 Å². The molecule has 2 rings (SSSR count). The summed E-state index contributed by atoms with van der Waals surface area (Å²) in [6, 6.07) is 3.90. The van der Waals surface area contributed by atoms with Gasteiger partial charge in [0.15, 0.2) is 0 Å². The van der Waals surface area contributed by atoms with Crippen LogP contribution in [-0.4, -0.2) is 27.1 Å². The number of benzene rings is 1. The molecule has 23 heavy (non-hydrogen) atoms. The Hall–Kier alpha value is -2.41. The molecule has 0 atom stereocenters. The molecule has 0 bridgehead atoms. The summed E-state index contributed by atoms with van der Waals surface area (Å²) in [6.07, 6.45) is 0.107. The lowest BCUT2D eigenvalue weighted by Crippen LogP contribution is -2.16. The van der Waals surface area contributed by atoms with Crippen molar-refractivity contribution in [2.75, 3.05) is 5.32 Å². The SMILES string of the molecule is CC(C)(C)c1nc(CC(=O)Nc2ccc(O)c(C(=O)O)c2)cs1. The fraction of sp³-hybridized carbons (Fsp3) is 0.312. The molecule has 1 aromatic heterocycles. The van der Waals surface area contributed by atoms with Crippen molar-refractivity contribution in [2.45, 2.75) is 32.6 Å². The molecule has 3 N–H and O–H groups in total. The van der Waals surface area contributed by atoms with E-state index in [4.69, 9.17) is 5.11 Å². The molecule has 1 aromatic carbocycles. The minimum Gasteiger partial charge on any atom is -0.507 e. The maximum Gasteiger partial charge on any atom is 0.339 e. The number of carboxylic acids is 1. The van der Waals surface area contributed by atoms with Crippen molar-refractivity contribution in [3.05, 3.63) is 39.8 Å². The first kappa shape index (κ1) is 17.0. The number of carbonyl (C=O) groups excluding carboxylic acids is 1. The molecule has 0 saturated carbocycles. The molecule has 2 aromatic rings. The van der Waals surface area contributed by atoms with E-state index in [1.807, 2.05) is 5.38 Å². The second-order valence-corrected chi connectivity index (χ2v) is 7.01. The van der Waals surface area contributed by atoms with Crippen molar-refractivity contribution in [1.82, 2.24) is 4.98 Å². The van der Waals surface area contributed by atoms with Crippen LogP contribution in [0.2, 0.25) is 0 Å². The van der Waals surface area contributed by atoms with Crippen LogP contribution in [0.3, 0.4) is 0 Å². The number of phenols is 1. The second-order valence-electron chi connectivity index (χ2n) is 6.16. The molecule has 0 fully saturated rings. The van der Waals surface area contributed by atoms with Gasteiger partial charge in [0.2, 0.25) is 5.91 Å². The van der Waals surface area contributed by atoms with Crippen LogP contribution in [-0.2, 0) is 16.6 Å². The summed E-state index contributed by atoms with van der Waals surface area (Å²) >= 11 is 1.51. The Kier molecular flexibility index (Phi) is 4.70. The molecule has 0 aliphatic carbocycles. The number of thiazole rings is 1. The van der Waals surface area contributed by atoms with Gasteiger partial charge in [-0.3, -0.25) is 4.79 Å². The minimum absolute atomic E-state index is 0.0628. The van der Waals surface area contributed by atoms with E-state index in [2.05, 4.69) is 31.1 Å². The Morgan fingerprint density at radius 1 is 1.30 bits per heavy atom. The molecule has 7 heteroatoms. The second kappa shape index (κ2) is 6.37. The highest BCUT2D eigenvalue weighted by molar-refractivity contribution is 7.09. The highest BCUT2D eigenvalue weighted by Crippen LogP contribution is 2.26. The predicted molar refractivity (Wildman–Crippen MR) is 88.2 cm³/mol.